The fraction of sp³-hybridized carbons (Fsp3) is 0.909. The second-order valence-electron chi connectivity index (χ2n) is 5.29. The first kappa shape index (κ1) is 9.97. The molecule has 1 saturated carbocycles. The number of carbonyl (C=O) groups is 1. The zero-order valence-electron chi connectivity index (χ0n) is 9.18. The molecular formula is C11H20N2O. The van der Waals surface area contributed by atoms with Crippen LogP contribution in [0.4, 0.5) is 0 Å². The van der Waals surface area contributed by atoms with Gasteiger partial charge in [0.25, 0.3) is 0 Å². The van der Waals surface area contributed by atoms with Crippen molar-refractivity contribution in [1.82, 2.24) is 10.2 Å². The van der Waals surface area contributed by atoms with Crippen LogP contribution in [0.5, 0.6) is 0 Å². The lowest BCUT2D eigenvalue weighted by molar-refractivity contribution is -0.128. The number of nitrogens with zero attached hydrogens (tertiary/aromatic N) is 1. The minimum absolute atomic E-state index is 0.261. The van der Waals surface area contributed by atoms with Crippen LogP contribution in [0.1, 0.15) is 33.1 Å². The average molecular weight is 196 g/mol. The molecule has 3 heteroatoms. The molecule has 0 bridgehead atoms. The Morgan fingerprint density at radius 2 is 2.21 bits per heavy atom. The first-order chi connectivity index (χ1) is 6.59. The van der Waals surface area contributed by atoms with Crippen LogP contribution in [0, 0.1) is 11.3 Å². The third kappa shape index (κ3) is 1.78. The molecule has 0 spiro atoms. The molecule has 1 aliphatic heterocycles. The van der Waals surface area contributed by atoms with Crippen LogP contribution < -0.4 is 5.32 Å². The van der Waals surface area contributed by atoms with Gasteiger partial charge in [-0.25, -0.2) is 0 Å². The van der Waals surface area contributed by atoms with Gasteiger partial charge in [-0.2, -0.15) is 0 Å². The van der Waals surface area contributed by atoms with E-state index >= 15 is 0 Å². The number of hydrogen-bond donors (Lipinski definition) is 1. The minimum Gasteiger partial charge on any atom is -0.328 e. The van der Waals surface area contributed by atoms with Crippen LogP contribution in [-0.2, 0) is 4.79 Å². The molecule has 0 atom stereocenters. The molecule has 0 aromatic heterocycles. The highest BCUT2D eigenvalue weighted by Gasteiger charge is 2.37. The fourth-order valence-corrected chi connectivity index (χ4v) is 2.45. The van der Waals surface area contributed by atoms with Gasteiger partial charge in [0.2, 0.25) is 5.91 Å². The van der Waals surface area contributed by atoms with E-state index < -0.39 is 0 Å². The van der Waals surface area contributed by atoms with E-state index in [1.165, 1.54) is 19.3 Å². The Morgan fingerprint density at radius 3 is 2.64 bits per heavy atom. The molecule has 0 radical (unpaired) electrons. The summed E-state index contributed by atoms with van der Waals surface area (Å²) >= 11 is 0. The molecule has 1 amide bonds. The van der Waals surface area contributed by atoms with Crippen molar-refractivity contribution in [3.8, 4) is 0 Å². The molecule has 0 aromatic rings. The quantitative estimate of drug-likeness (QED) is 0.735. The zero-order valence-corrected chi connectivity index (χ0v) is 9.18. The molecule has 2 fully saturated rings. The van der Waals surface area contributed by atoms with Gasteiger partial charge in [-0.15, -0.1) is 0 Å². The summed E-state index contributed by atoms with van der Waals surface area (Å²) in [6.07, 6.45) is 4.07. The highest BCUT2D eigenvalue weighted by Crippen LogP contribution is 2.42. The highest BCUT2D eigenvalue weighted by atomic mass is 16.2. The minimum atomic E-state index is 0.261. The van der Waals surface area contributed by atoms with Gasteiger partial charge >= 0.3 is 0 Å². The predicted octanol–water partition coefficient (Wildman–Crippen LogP) is 1.20. The van der Waals surface area contributed by atoms with Crippen LogP contribution in [0.3, 0.4) is 0 Å². The smallest absolute Gasteiger partial charge is 0.237 e. The zero-order chi connectivity index (χ0) is 10.2. The van der Waals surface area contributed by atoms with Gasteiger partial charge in [0.05, 0.1) is 13.2 Å². The van der Waals surface area contributed by atoms with Gasteiger partial charge in [-0.1, -0.05) is 20.3 Å². The number of hydrogen-bond acceptors (Lipinski definition) is 2. The molecule has 2 rings (SSSR count). The molecule has 80 valence electrons. The Labute approximate surface area is 85.8 Å². The molecule has 1 saturated heterocycles. The Hall–Kier alpha value is -0.570. The fourth-order valence-electron chi connectivity index (χ4n) is 2.45. The largest absolute Gasteiger partial charge is 0.328 e. The topological polar surface area (TPSA) is 32.3 Å². The van der Waals surface area contributed by atoms with Crippen LogP contribution in [0.25, 0.3) is 0 Å². The number of rotatable bonds is 3. The van der Waals surface area contributed by atoms with Crippen molar-refractivity contribution < 1.29 is 4.79 Å². The lowest BCUT2D eigenvalue weighted by Gasteiger charge is -2.42. The van der Waals surface area contributed by atoms with Crippen molar-refractivity contribution >= 4 is 5.91 Å². The van der Waals surface area contributed by atoms with E-state index in [2.05, 4.69) is 19.2 Å². The van der Waals surface area contributed by atoms with Crippen molar-refractivity contribution in [2.75, 3.05) is 19.8 Å². The van der Waals surface area contributed by atoms with E-state index in [4.69, 9.17) is 0 Å². The lowest BCUT2D eigenvalue weighted by Crippen LogP contribution is -2.42. The van der Waals surface area contributed by atoms with E-state index in [0.717, 1.165) is 19.1 Å². The van der Waals surface area contributed by atoms with Crippen LogP contribution in [0.2, 0.25) is 0 Å². The highest BCUT2D eigenvalue weighted by molar-refractivity contribution is 5.80. The normalized spacial score (nSPS) is 24.1. The number of amides is 1. The Kier molecular flexibility index (Phi) is 2.52. The monoisotopic (exact) mass is 196 g/mol. The summed E-state index contributed by atoms with van der Waals surface area (Å²) in [6, 6.07) is 0. The van der Waals surface area contributed by atoms with E-state index in [-0.39, 0.29) is 5.91 Å². The van der Waals surface area contributed by atoms with E-state index in [9.17, 15) is 4.79 Å². The van der Waals surface area contributed by atoms with Gasteiger partial charge in [0, 0.05) is 6.54 Å². The maximum absolute atomic E-state index is 11.4. The standard InChI is InChI=1S/C11H20N2O/c1-11(2,9-4-3-5-9)7-13-8-12-6-10(13)14/h9,12H,3-8H2,1-2H3. The summed E-state index contributed by atoms with van der Waals surface area (Å²) < 4.78 is 0. The van der Waals surface area contributed by atoms with Gasteiger partial charge < -0.3 is 4.90 Å². The molecule has 2 aliphatic rings. The van der Waals surface area contributed by atoms with Crippen molar-refractivity contribution in [3.63, 3.8) is 0 Å². The molecule has 1 aliphatic carbocycles. The summed E-state index contributed by atoms with van der Waals surface area (Å²) in [5.41, 5.74) is 0.305. The van der Waals surface area contributed by atoms with Gasteiger partial charge in [0.15, 0.2) is 0 Å². The number of nitrogens with one attached hydrogen (secondary N) is 1. The third-order valence-electron chi connectivity index (χ3n) is 3.74. The third-order valence-corrected chi connectivity index (χ3v) is 3.74. The van der Waals surface area contributed by atoms with Crippen molar-refractivity contribution in [1.29, 1.82) is 0 Å². The molecule has 0 unspecified atom stereocenters. The van der Waals surface area contributed by atoms with Gasteiger partial charge in [-0.3, -0.25) is 10.1 Å². The summed E-state index contributed by atoms with van der Waals surface area (Å²) in [7, 11) is 0. The molecule has 1 N–H and O–H groups in total. The van der Waals surface area contributed by atoms with E-state index in [0.29, 0.717) is 12.0 Å². The molecular weight excluding hydrogens is 176 g/mol. The van der Waals surface area contributed by atoms with Gasteiger partial charge in [-0.05, 0) is 24.2 Å². The summed E-state index contributed by atoms with van der Waals surface area (Å²) in [6.45, 7) is 6.78. The SMILES string of the molecule is CC(C)(CN1CNCC1=O)C1CCC1. The first-order valence-electron chi connectivity index (χ1n) is 5.58. The lowest BCUT2D eigenvalue weighted by atomic mass is 9.67. The van der Waals surface area contributed by atoms with Gasteiger partial charge in [0.1, 0.15) is 0 Å². The second-order valence-corrected chi connectivity index (χ2v) is 5.29. The predicted molar refractivity (Wildman–Crippen MR) is 55.7 cm³/mol. The molecule has 14 heavy (non-hydrogen) atoms. The molecule has 1 heterocycles. The Balaban J connectivity index is 1.91. The second kappa shape index (κ2) is 3.54. The molecule has 3 nitrogen and oxygen atoms in total. The summed E-state index contributed by atoms with van der Waals surface area (Å²) in [5, 5.41) is 3.10. The number of carbonyl (C=O) groups excluding carboxylic acids is 1. The average Bonchev–Trinajstić information content (AvgIpc) is 2.30. The van der Waals surface area contributed by atoms with Crippen molar-refractivity contribution in [2.24, 2.45) is 11.3 Å². The van der Waals surface area contributed by atoms with Crippen LogP contribution in [-0.4, -0.2) is 30.6 Å². The van der Waals surface area contributed by atoms with E-state index in [1.807, 2.05) is 4.90 Å². The van der Waals surface area contributed by atoms with E-state index in [1.54, 1.807) is 0 Å². The van der Waals surface area contributed by atoms with Crippen LogP contribution in [0.15, 0.2) is 0 Å². The molecule has 0 aromatic carbocycles. The Morgan fingerprint density at radius 1 is 1.50 bits per heavy atom. The van der Waals surface area contributed by atoms with Crippen LogP contribution >= 0.6 is 0 Å². The first-order valence-corrected chi connectivity index (χ1v) is 5.58. The van der Waals surface area contributed by atoms with Crippen molar-refractivity contribution in [3.05, 3.63) is 0 Å². The maximum Gasteiger partial charge on any atom is 0.237 e. The summed E-state index contributed by atoms with van der Waals surface area (Å²) in [4.78, 5) is 13.4. The summed E-state index contributed by atoms with van der Waals surface area (Å²) in [5.74, 6) is 1.09. The van der Waals surface area contributed by atoms with Crippen molar-refractivity contribution in [2.45, 2.75) is 33.1 Å². The Bertz CT molecular complexity index is 233. The maximum atomic E-state index is 11.4.